The van der Waals surface area contributed by atoms with E-state index in [1.807, 2.05) is 6.92 Å². The van der Waals surface area contributed by atoms with Crippen molar-refractivity contribution in [2.24, 2.45) is 29.6 Å². The Labute approximate surface area is 185 Å². The molecule has 3 aliphatic carbocycles. The Bertz CT molecular complexity index is 524. The zero-order valence-electron chi connectivity index (χ0n) is 19.3. The summed E-state index contributed by atoms with van der Waals surface area (Å²) < 4.78 is 61.3. The molecule has 6 heteroatoms. The van der Waals surface area contributed by atoms with Crippen molar-refractivity contribution >= 4 is 0 Å². The molecular weight excluding hydrogens is 408 g/mol. The van der Waals surface area contributed by atoms with Crippen molar-refractivity contribution < 1.29 is 27.4 Å². The first-order valence-corrected chi connectivity index (χ1v) is 12.6. The van der Waals surface area contributed by atoms with Crippen molar-refractivity contribution in [2.75, 3.05) is 6.61 Å². The molecule has 0 aromatic heterocycles. The third-order valence-electron chi connectivity index (χ3n) is 8.33. The van der Waals surface area contributed by atoms with E-state index in [0.29, 0.717) is 31.3 Å². The van der Waals surface area contributed by atoms with E-state index in [1.54, 1.807) is 0 Å². The Hall–Kier alpha value is -0.360. The van der Waals surface area contributed by atoms with Gasteiger partial charge in [0.05, 0.1) is 12.2 Å². The second-order valence-electron chi connectivity index (χ2n) is 10.8. The predicted octanol–water partition coefficient (Wildman–Crippen LogP) is 6.89. The van der Waals surface area contributed by atoms with Crippen molar-refractivity contribution in [1.29, 1.82) is 0 Å². The Morgan fingerprint density at radius 3 is 2.00 bits per heavy atom. The largest absolute Gasteiger partial charge is 0.392 e. The number of aliphatic hydroxyl groups excluding tert-OH is 1. The second kappa shape index (κ2) is 11.2. The fraction of sp³-hybridized carbons (Fsp3) is 1.00. The minimum atomic E-state index is -2.57. The molecule has 0 aliphatic heterocycles. The van der Waals surface area contributed by atoms with Crippen molar-refractivity contribution in [3.63, 3.8) is 0 Å². The summed E-state index contributed by atoms with van der Waals surface area (Å²) in [5.74, 6) is -1.85. The smallest absolute Gasteiger partial charge is 0.245 e. The topological polar surface area (TPSA) is 29.5 Å². The molecule has 0 amide bonds. The zero-order chi connectivity index (χ0) is 22.6. The van der Waals surface area contributed by atoms with Gasteiger partial charge >= 0.3 is 0 Å². The monoisotopic (exact) mass is 450 g/mol. The third kappa shape index (κ3) is 6.82. The molecule has 0 saturated heterocycles. The molecule has 2 nitrogen and oxygen atoms in total. The Morgan fingerprint density at radius 1 is 0.871 bits per heavy atom. The highest BCUT2D eigenvalue weighted by molar-refractivity contribution is 4.95. The SMILES string of the molecule is CCCOC1CCC(C(O)C2CCC(C3CCC(CC(C)(F)F)CC3)CC2)C(F)C1F. The lowest BCUT2D eigenvalue weighted by molar-refractivity contribution is -0.109. The van der Waals surface area contributed by atoms with Crippen molar-refractivity contribution in [2.45, 2.75) is 121 Å². The molecule has 0 bridgehead atoms. The molecule has 1 N–H and O–H groups in total. The van der Waals surface area contributed by atoms with E-state index >= 15 is 0 Å². The maximum absolute atomic E-state index is 14.8. The molecule has 0 spiro atoms. The number of hydrogen-bond acceptors (Lipinski definition) is 2. The summed E-state index contributed by atoms with van der Waals surface area (Å²) in [6.07, 6.45) is 4.50. The standard InChI is InChI=1S/C25H42F4O2/c1-3-14-31-21-13-12-20(22(26)23(21)27)24(30)19-10-8-18(9-11-19)17-6-4-16(5-7-17)15-25(2,28)29/h16-24,30H,3-15H2,1-2H3. The van der Waals surface area contributed by atoms with Gasteiger partial charge in [0, 0.05) is 18.9 Å². The molecule has 182 valence electrons. The van der Waals surface area contributed by atoms with E-state index in [1.165, 1.54) is 0 Å². The van der Waals surface area contributed by atoms with E-state index in [-0.39, 0.29) is 18.3 Å². The number of rotatable bonds is 8. The van der Waals surface area contributed by atoms with Gasteiger partial charge in [0.2, 0.25) is 5.92 Å². The quantitative estimate of drug-likeness (QED) is 0.408. The lowest BCUT2D eigenvalue weighted by Crippen LogP contribution is -2.49. The normalized spacial score (nSPS) is 41.1. The van der Waals surface area contributed by atoms with Crippen LogP contribution in [0.25, 0.3) is 0 Å². The van der Waals surface area contributed by atoms with Gasteiger partial charge < -0.3 is 9.84 Å². The van der Waals surface area contributed by atoms with Gasteiger partial charge in [-0.2, -0.15) is 0 Å². The first kappa shape index (κ1) is 25.3. The van der Waals surface area contributed by atoms with Crippen molar-refractivity contribution in [3.8, 4) is 0 Å². The average Bonchev–Trinajstić information content (AvgIpc) is 2.74. The highest BCUT2D eigenvalue weighted by Gasteiger charge is 2.46. The lowest BCUT2D eigenvalue weighted by atomic mass is 9.66. The Kier molecular flexibility index (Phi) is 9.11. The maximum atomic E-state index is 14.8. The Balaban J connectivity index is 1.42. The molecule has 0 aromatic carbocycles. The van der Waals surface area contributed by atoms with Crippen LogP contribution in [0, 0.1) is 29.6 Å². The number of ether oxygens (including phenoxy) is 1. The lowest BCUT2D eigenvalue weighted by Gasteiger charge is -2.42. The van der Waals surface area contributed by atoms with E-state index in [2.05, 4.69) is 0 Å². The third-order valence-corrected chi connectivity index (χ3v) is 8.33. The van der Waals surface area contributed by atoms with Gasteiger partial charge in [0.15, 0.2) is 6.17 Å². The summed E-state index contributed by atoms with van der Waals surface area (Å²) in [6.45, 7) is 3.41. The first-order chi connectivity index (χ1) is 14.7. The summed E-state index contributed by atoms with van der Waals surface area (Å²) in [5, 5.41) is 10.9. The van der Waals surface area contributed by atoms with Crippen LogP contribution < -0.4 is 0 Å². The summed E-state index contributed by atoms with van der Waals surface area (Å²) >= 11 is 0. The summed E-state index contributed by atoms with van der Waals surface area (Å²) in [5.41, 5.74) is 0. The first-order valence-electron chi connectivity index (χ1n) is 12.6. The van der Waals surface area contributed by atoms with Crippen LogP contribution in [0.15, 0.2) is 0 Å². The molecule has 3 aliphatic rings. The predicted molar refractivity (Wildman–Crippen MR) is 115 cm³/mol. The van der Waals surface area contributed by atoms with Crippen molar-refractivity contribution in [1.82, 2.24) is 0 Å². The Morgan fingerprint density at radius 2 is 1.45 bits per heavy atom. The highest BCUT2D eigenvalue weighted by Crippen LogP contribution is 2.45. The molecular formula is C25H42F4O2. The molecule has 31 heavy (non-hydrogen) atoms. The minimum Gasteiger partial charge on any atom is -0.392 e. The van der Waals surface area contributed by atoms with Gasteiger partial charge in [-0.3, -0.25) is 0 Å². The second-order valence-corrected chi connectivity index (χ2v) is 10.8. The molecule has 0 radical (unpaired) electrons. The van der Waals surface area contributed by atoms with Gasteiger partial charge in [-0.1, -0.05) is 6.92 Å². The van der Waals surface area contributed by atoms with E-state index in [0.717, 1.165) is 64.7 Å². The van der Waals surface area contributed by atoms with E-state index < -0.39 is 36.4 Å². The summed E-state index contributed by atoms with van der Waals surface area (Å²) in [7, 11) is 0. The fourth-order valence-corrected chi connectivity index (χ4v) is 6.60. The summed E-state index contributed by atoms with van der Waals surface area (Å²) in [6, 6.07) is 0. The van der Waals surface area contributed by atoms with Gasteiger partial charge in [-0.05, 0) is 101 Å². The van der Waals surface area contributed by atoms with Crippen LogP contribution in [0.2, 0.25) is 0 Å². The highest BCUT2D eigenvalue weighted by atomic mass is 19.3. The summed E-state index contributed by atoms with van der Waals surface area (Å²) in [4.78, 5) is 0. The fourth-order valence-electron chi connectivity index (χ4n) is 6.60. The van der Waals surface area contributed by atoms with Crippen molar-refractivity contribution in [3.05, 3.63) is 0 Å². The van der Waals surface area contributed by atoms with Gasteiger partial charge in [0.1, 0.15) is 6.17 Å². The van der Waals surface area contributed by atoms with E-state index in [9.17, 15) is 22.7 Å². The van der Waals surface area contributed by atoms with Crippen LogP contribution in [0.1, 0.15) is 90.9 Å². The molecule has 0 heterocycles. The number of aliphatic hydroxyl groups is 1. The van der Waals surface area contributed by atoms with Crippen LogP contribution in [0.4, 0.5) is 17.6 Å². The number of alkyl halides is 4. The maximum Gasteiger partial charge on any atom is 0.245 e. The van der Waals surface area contributed by atoms with Gasteiger partial charge in [-0.15, -0.1) is 0 Å². The molecule has 3 rings (SSSR count). The van der Waals surface area contributed by atoms with Crippen LogP contribution in [0.3, 0.4) is 0 Å². The van der Waals surface area contributed by atoms with Crippen LogP contribution in [-0.4, -0.2) is 42.2 Å². The van der Waals surface area contributed by atoms with Gasteiger partial charge in [-0.25, -0.2) is 17.6 Å². The average molecular weight is 451 g/mol. The van der Waals surface area contributed by atoms with E-state index in [4.69, 9.17) is 4.74 Å². The molecule has 3 saturated carbocycles. The van der Waals surface area contributed by atoms with Crippen LogP contribution in [-0.2, 0) is 4.74 Å². The molecule has 5 unspecified atom stereocenters. The number of hydrogen-bond donors (Lipinski definition) is 1. The zero-order valence-corrected chi connectivity index (χ0v) is 19.3. The molecule has 5 atom stereocenters. The minimum absolute atomic E-state index is 0.00431. The van der Waals surface area contributed by atoms with Gasteiger partial charge in [0.25, 0.3) is 0 Å². The molecule has 3 fully saturated rings. The van der Waals surface area contributed by atoms with Crippen LogP contribution >= 0.6 is 0 Å². The van der Waals surface area contributed by atoms with Crippen LogP contribution in [0.5, 0.6) is 0 Å². The molecule has 0 aromatic rings. The number of halogens is 4.